The Hall–Kier alpha value is -1.02. The van der Waals surface area contributed by atoms with E-state index in [2.05, 4.69) is 58.9 Å². The van der Waals surface area contributed by atoms with Crippen LogP contribution in [0.2, 0.25) is 0 Å². The summed E-state index contributed by atoms with van der Waals surface area (Å²) < 4.78 is 5.90. The quantitative estimate of drug-likeness (QED) is 0.790. The molecule has 2 nitrogen and oxygen atoms in total. The van der Waals surface area contributed by atoms with Crippen molar-refractivity contribution in [2.75, 3.05) is 26.2 Å². The molecular weight excluding hydrogens is 282 g/mol. The van der Waals surface area contributed by atoms with E-state index in [1.54, 1.807) is 4.90 Å². The van der Waals surface area contributed by atoms with E-state index in [0.29, 0.717) is 0 Å². The first-order chi connectivity index (χ1) is 10.8. The van der Waals surface area contributed by atoms with Gasteiger partial charge in [-0.3, -0.25) is 0 Å². The Bertz CT molecular complexity index is 450. The Morgan fingerprint density at radius 1 is 1.00 bits per heavy atom. The average molecular weight is 319 g/mol. The molecule has 0 bridgehead atoms. The van der Waals surface area contributed by atoms with Gasteiger partial charge in [-0.2, -0.15) is 0 Å². The van der Waals surface area contributed by atoms with E-state index in [9.17, 15) is 0 Å². The zero-order chi connectivity index (χ0) is 16.9. The van der Waals surface area contributed by atoms with Gasteiger partial charge in [0.2, 0.25) is 0 Å². The maximum absolute atomic E-state index is 5.90. The van der Waals surface area contributed by atoms with E-state index in [-0.39, 0.29) is 5.41 Å². The molecule has 1 fully saturated rings. The van der Waals surface area contributed by atoms with Crippen molar-refractivity contribution in [1.29, 1.82) is 0 Å². The summed E-state index contributed by atoms with van der Waals surface area (Å²) >= 11 is 0. The number of hydrogen-bond donors (Lipinski definition) is 1. The maximum Gasteiger partial charge on any atom is 0.119 e. The highest BCUT2D eigenvalue weighted by Crippen LogP contribution is 2.24. The molecule has 1 heterocycles. The first-order valence-electron chi connectivity index (χ1n) is 9.41. The molecule has 23 heavy (non-hydrogen) atoms. The third-order valence-corrected chi connectivity index (χ3v) is 4.99. The normalized spacial score (nSPS) is 25.3. The number of rotatable bonds is 6. The Morgan fingerprint density at radius 3 is 2.17 bits per heavy atom. The Kier molecular flexibility index (Phi) is 6.52. The average Bonchev–Trinajstić information content (AvgIpc) is 2.45. The molecule has 1 N–H and O–H groups in total. The SMILES string of the molecule is C[C@@H]1C[C@H](C)C[NH+](CCCCOc2ccc(C(C)(C)C)cc2)C1. The Morgan fingerprint density at radius 2 is 1.61 bits per heavy atom. The number of unbranched alkanes of at least 4 members (excludes halogenated alkanes) is 1. The van der Waals surface area contributed by atoms with E-state index in [1.165, 1.54) is 38.0 Å². The van der Waals surface area contributed by atoms with Gasteiger partial charge in [0.25, 0.3) is 0 Å². The fourth-order valence-corrected chi connectivity index (χ4v) is 3.84. The van der Waals surface area contributed by atoms with E-state index < -0.39 is 0 Å². The second kappa shape index (κ2) is 8.19. The second-order valence-electron chi connectivity index (χ2n) is 8.68. The second-order valence-corrected chi connectivity index (χ2v) is 8.68. The van der Waals surface area contributed by atoms with Crippen molar-refractivity contribution in [3.8, 4) is 5.75 Å². The number of quaternary nitrogens is 1. The number of piperidine rings is 1. The summed E-state index contributed by atoms with van der Waals surface area (Å²) in [5, 5.41) is 0. The Labute approximate surface area is 143 Å². The van der Waals surface area contributed by atoms with E-state index in [1.807, 2.05) is 0 Å². The van der Waals surface area contributed by atoms with E-state index in [4.69, 9.17) is 4.74 Å². The van der Waals surface area contributed by atoms with Gasteiger partial charge >= 0.3 is 0 Å². The molecule has 1 saturated heterocycles. The van der Waals surface area contributed by atoms with Gasteiger partial charge in [0, 0.05) is 11.8 Å². The summed E-state index contributed by atoms with van der Waals surface area (Å²) in [5.74, 6) is 2.79. The molecule has 0 radical (unpaired) electrons. The summed E-state index contributed by atoms with van der Waals surface area (Å²) in [7, 11) is 0. The molecule has 0 saturated carbocycles. The van der Waals surface area contributed by atoms with Crippen LogP contribution >= 0.6 is 0 Å². The number of nitrogens with one attached hydrogen (secondary N) is 1. The zero-order valence-corrected chi connectivity index (χ0v) is 15.8. The first-order valence-corrected chi connectivity index (χ1v) is 9.41. The molecule has 0 amide bonds. The summed E-state index contributed by atoms with van der Waals surface area (Å²) in [6.45, 7) is 16.4. The fourth-order valence-electron chi connectivity index (χ4n) is 3.84. The van der Waals surface area contributed by atoms with Gasteiger partial charge < -0.3 is 9.64 Å². The monoisotopic (exact) mass is 318 g/mol. The molecule has 0 aliphatic carbocycles. The van der Waals surface area contributed by atoms with Crippen LogP contribution < -0.4 is 9.64 Å². The van der Waals surface area contributed by atoms with Crippen LogP contribution in [0.15, 0.2) is 24.3 Å². The molecule has 3 atom stereocenters. The van der Waals surface area contributed by atoms with Crippen LogP contribution in [0.25, 0.3) is 0 Å². The standard InChI is InChI=1S/C21H35NO/c1-17-14-18(2)16-22(15-17)12-6-7-13-23-20-10-8-19(9-11-20)21(3,4)5/h8-11,17-18H,6-7,12-16H2,1-5H3/p+1/t17-,18+. The minimum atomic E-state index is 0.212. The summed E-state index contributed by atoms with van der Waals surface area (Å²) in [6, 6.07) is 8.60. The van der Waals surface area contributed by atoms with Crippen molar-refractivity contribution in [3.63, 3.8) is 0 Å². The van der Waals surface area contributed by atoms with E-state index in [0.717, 1.165) is 30.6 Å². The molecule has 1 aliphatic rings. The molecule has 2 rings (SSSR count). The smallest absolute Gasteiger partial charge is 0.119 e. The number of ether oxygens (including phenoxy) is 1. The van der Waals surface area contributed by atoms with Crippen LogP contribution in [0.1, 0.15) is 59.4 Å². The van der Waals surface area contributed by atoms with Gasteiger partial charge in [0.05, 0.1) is 26.2 Å². The molecule has 0 aromatic heterocycles. The van der Waals surface area contributed by atoms with Gasteiger partial charge in [-0.25, -0.2) is 0 Å². The topological polar surface area (TPSA) is 13.7 Å². The predicted octanol–water partition coefficient (Wildman–Crippen LogP) is 3.70. The van der Waals surface area contributed by atoms with Crippen molar-refractivity contribution >= 4 is 0 Å². The molecule has 2 heteroatoms. The lowest BCUT2D eigenvalue weighted by atomic mass is 9.87. The van der Waals surface area contributed by atoms with Crippen molar-refractivity contribution in [2.24, 2.45) is 11.8 Å². The predicted molar refractivity (Wildman–Crippen MR) is 98.4 cm³/mol. The lowest BCUT2D eigenvalue weighted by Gasteiger charge is -2.32. The van der Waals surface area contributed by atoms with Crippen molar-refractivity contribution in [3.05, 3.63) is 29.8 Å². The molecular formula is C21H36NO+. The van der Waals surface area contributed by atoms with Crippen molar-refractivity contribution in [1.82, 2.24) is 0 Å². The molecule has 1 aromatic rings. The highest BCUT2D eigenvalue weighted by Gasteiger charge is 2.24. The highest BCUT2D eigenvalue weighted by atomic mass is 16.5. The third kappa shape index (κ3) is 6.18. The maximum atomic E-state index is 5.90. The molecule has 0 spiro atoms. The largest absolute Gasteiger partial charge is 0.494 e. The molecule has 1 aliphatic heterocycles. The summed E-state index contributed by atoms with van der Waals surface area (Å²) in [5.41, 5.74) is 1.58. The van der Waals surface area contributed by atoms with Gasteiger partial charge in [0.15, 0.2) is 0 Å². The first kappa shape index (κ1) is 18.3. The van der Waals surface area contributed by atoms with Crippen molar-refractivity contribution in [2.45, 2.75) is 59.3 Å². The summed E-state index contributed by atoms with van der Waals surface area (Å²) in [6.07, 6.45) is 3.85. The van der Waals surface area contributed by atoms with Gasteiger partial charge in [-0.15, -0.1) is 0 Å². The van der Waals surface area contributed by atoms with E-state index >= 15 is 0 Å². The molecule has 1 aromatic carbocycles. The van der Waals surface area contributed by atoms with Crippen LogP contribution in [-0.4, -0.2) is 26.2 Å². The lowest BCUT2D eigenvalue weighted by Crippen LogP contribution is -3.14. The van der Waals surface area contributed by atoms with Gasteiger partial charge in [0.1, 0.15) is 5.75 Å². The van der Waals surface area contributed by atoms with Crippen LogP contribution in [0.3, 0.4) is 0 Å². The lowest BCUT2D eigenvalue weighted by molar-refractivity contribution is -0.912. The third-order valence-electron chi connectivity index (χ3n) is 4.99. The number of hydrogen-bond acceptors (Lipinski definition) is 1. The van der Waals surface area contributed by atoms with Crippen LogP contribution in [0, 0.1) is 11.8 Å². The number of benzene rings is 1. The Balaban J connectivity index is 1.64. The van der Waals surface area contributed by atoms with Gasteiger partial charge in [-0.1, -0.05) is 46.8 Å². The zero-order valence-electron chi connectivity index (χ0n) is 15.8. The van der Waals surface area contributed by atoms with Crippen LogP contribution in [0.5, 0.6) is 5.75 Å². The minimum absolute atomic E-state index is 0.212. The molecule has 1 unspecified atom stereocenters. The number of likely N-dealkylation sites (tertiary alicyclic amines) is 1. The minimum Gasteiger partial charge on any atom is -0.494 e. The van der Waals surface area contributed by atoms with Gasteiger partial charge in [-0.05, 0) is 42.4 Å². The van der Waals surface area contributed by atoms with Crippen molar-refractivity contribution < 1.29 is 9.64 Å². The van der Waals surface area contributed by atoms with Crippen LogP contribution in [-0.2, 0) is 5.41 Å². The van der Waals surface area contributed by atoms with Crippen LogP contribution in [0.4, 0.5) is 0 Å². The highest BCUT2D eigenvalue weighted by molar-refractivity contribution is 5.31. The summed E-state index contributed by atoms with van der Waals surface area (Å²) in [4.78, 5) is 1.80. The fraction of sp³-hybridized carbons (Fsp3) is 0.714. The molecule has 130 valence electrons.